The fourth-order valence-corrected chi connectivity index (χ4v) is 6.62. The topological polar surface area (TPSA) is 96.0 Å². The normalized spacial score (nSPS) is 36.9. The Bertz CT molecular complexity index is 817. The van der Waals surface area contributed by atoms with Gasteiger partial charge in [0.2, 0.25) is 0 Å². The highest BCUT2D eigenvalue weighted by atomic mass is 16.6. The molecule has 9 unspecified atom stereocenters. The van der Waals surface area contributed by atoms with Crippen LogP contribution in [-0.2, 0) is 33.4 Å². The Morgan fingerprint density at radius 2 is 1.88 bits per heavy atom. The minimum absolute atomic E-state index is 0.0192. The first-order valence-corrected chi connectivity index (χ1v) is 12.7. The van der Waals surface area contributed by atoms with E-state index in [1.165, 1.54) is 0 Å². The van der Waals surface area contributed by atoms with Crippen LogP contribution in [0.15, 0.2) is 0 Å². The van der Waals surface area contributed by atoms with E-state index in [2.05, 4.69) is 6.92 Å². The summed E-state index contributed by atoms with van der Waals surface area (Å²) in [4.78, 5) is 50.4. The first kappa shape index (κ1) is 24.2. The molecule has 0 aromatic carbocycles. The number of hydrogen-bond donors (Lipinski definition) is 0. The Morgan fingerprint density at radius 3 is 2.55 bits per heavy atom. The summed E-state index contributed by atoms with van der Waals surface area (Å²) in [5.74, 6) is -1.17. The second kappa shape index (κ2) is 9.03. The van der Waals surface area contributed by atoms with E-state index in [0.29, 0.717) is 25.2 Å². The Hall–Kier alpha value is -1.92. The van der Waals surface area contributed by atoms with E-state index in [-0.39, 0.29) is 59.6 Å². The lowest BCUT2D eigenvalue weighted by molar-refractivity contribution is -0.172. The molecule has 7 nitrogen and oxygen atoms in total. The molecule has 4 aliphatic rings. The average Bonchev–Trinajstić information content (AvgIpc) is 3.36. The maximum Gasteiger partial charge on any atom is 0.309 e. The summed E-state index contributed by atoms with van der Waals surface area (Å²) in [6, 6.07) is 0. The largest absolute Gasteiger partial charge is 0.459 e. The van der Waals surface area contributed by atoms with Crippen LogP contribution in [0.2, 0.25) is 0 Å². The van der Waals surface area contributed by atoms with Gasteiger partial charge >= 0.3 is 17.9 Å². The van der Waals surface area contributed by atoms with Crippen LogP contribution in [0.5, 0.6) is 0 Å². The van der Waals surface area contributed by atoms with Gasteiger partial charge in [0.25, 0.3) is 0 Å². The number of rotatable bonds is 8. The van der Waals surface area contributed by atoms with E-state index < -0.39 is 17.4 Å². The van der Waals surface area contributed by atoms with Crippen molar-refractivity contribution in [3.8, 4) is 0 Å². The fourth-order valence-electron chi connectivity index (χ4n) is 6.62. The Morgan fingerprint density at radius 1 is 1.15 bits per heavy atom. The summed E-state index contributed by atoms with van der Waals surface area (Å²) in [5.41, 5.74) is -0.864. The summed E-state index contributed by atoms with van der Waals surface area (Å²) in [5, 5.41) is 0. The van der Waals surface area contributed by atoms with E-state index in [9.17, 15) is 19.2 Å². The van der Waals surface area contributed by atoms with Gasteiger partial charge in [-0.3, -0.25) is 19.2 Å². The van der Waals surface area contributed by atoms with Crippen molar-refractivity contribution in [1.82, 2.24) is 0 Å². The predicted octanol–water partition coefficient (Wildman–Crippen LogP) is 3.86. The van der Waals surface area contributed by atoms with Gasteiger partial charge in [-0.2, -0.15) is 0 Å². The van der Waals surface area contributed by atoms with Gasteiger partial charge in [0.1, 0.15) is 23.6 Å². The van der Waals surface area contributed by atoms with Gasteiger partial charge in [-0.1, -0.05) is 20.8 Å². The lowest BCUT2D eigenvalue weighted by Gasteiger charge is -2.37. The summed E-state index contributed by atoms with van der Waals surface area (Å²) in [7, 11) is 0. The molecule has 184 valence electrons. The van der Waals surface area contributed by atoms with E-state index in [1.54, 1.807) is 6.92 Å². The first-order valence-electron chi connectivity index (χ1n) is 12.7. The first-order chi connectivity index (χ1) is 15.5. The van der Waals surface area contributed by atoms with Crippen molar-refractivity contribution in [3.05, 3.63) is 0 Å². The molecule has 0 amide bonds. The van der Waals surface area contributed by atoms with Crippen LogP contribution in [0, 0.1) is 41.4 Å². The zero-order valence-electron chi connectivity index (χ0n) is 20.5. The molecule has 4 fully saturated rings. The molecule has 0 aromatic rings. The molecule has 0 N–H and O–H groups in total. The smallest absolute Gasteiger partial charge is 0.309 e. The fraction of sp³-hybridized carbons (Fsp3) is 0.846. The molecule has 7 heteroatoms. The number of ketones is 1. The minimum atomic E-state index is -0.864. The molecule has 2 bridgehead atoms. The summed E-state index contributed by atoms with van der Waals surface area (Å²) in [6.45, 7) is 9.38. The molecule has 1 heterocycles. The van der Waals surface area contributed by atoms with Gasteiger partial charge < -0.3 is 14.2 Å². The van der Waals surface area contributed by atoms with E-state index in [4.69, 9.17) is 14.2 Å². The highest BCUT2D eigenvalue weighted by molar-refractivity contribution is 5.84. The van der Waals surface area contributed by atoms with E-state index in [0.717, 1.165) is 25.7 Å². The number of carbonyl (C=O) groups is 4. The number of esters is 3. The molecule has 4 rings (SSSR count). The Kier molecular flexibility index (Phi) is 6.62. The van der Waals surface area contributed by atoms with Crippen molar-refractivity contribution in [2.24, 2.45) is 41.4 Å². The molecule has 9 atom stereocenters. The molecule has 3 aliphatic carbocycles. The summed E-state index contributed by atoms with van der Waals surface area (Å²) < 4.78 is 17.2. The van der Waals surface area contributed by atoms with Gasteiger partial charge in [0.05, 0.1) is 23.7 Å². The van der Waals surface area contributed by atoms with Gasteiger partial charge in [0, 0.05) is 18.3 Å². The SMILES string of the molecule is CCC(CC(C)C(=O)OC1C2CC3C(=O)OC1C3C2)C(=O)OC(C)(C)C1CCC(C)CC1=O. The zero-order valence-corrected chi connectivity index (χ0v) is 20.5. The number of fused-ring (bicyclic) bond motifs is 1. The quantitative estimate of drug-likeness (QED) is 0.399. The highest BCUT2D eigenvalue weighted by Crippen LogP contribution is 2.55. The number of carbonyl (C=O) groups excluding carboxylic acids is 4. The van der Waals surface area contributed by atoms with Crippen molar-refractivity contribution in [2.45, 2.75) is 97.4 Å². The van der Waals surface area contributed by atoms with Crippen molar-refractivity contribution in [1.29, 1.82) is 0 Å². The van der Waals surface area contributed by atoms with Gasteiger partial charge in [-0.05, 0) is 58.3 Å². The van der Waals surface area contributed by atoms with Crippen LogP contribution in [0.3, 0.4) is 0 Å². The molecule has 3 saturated carbocycles. The van der Waals surface area contributed by atoms with Crippen LogP contribution in [-0.4, -0.2) is 41.5 Å². The van der Waals surface area contributed by atoms with Crippen LogP contribution >= 0.6 is 0 Å². The highest BCUT2D eigenvalue weighted by Gasteiger charge is 2.63. The third kappa shape index (κ3) is 4.57. The molecular formula is C26H38O7. The number of Topliss-reactive ketones (excluding diaryl/α,β-unsaturated/α-hetero) is 1. The second-order valence-corrected chi connectivity index (χ2v) is 11.5. The van der Waals surface area contributed by atoms with E-state index in [1.807, 2.05) is 20.8 Å². The van der Waals surface area contributed by atoms with Crippen LogP contribution < -0.4 is 0 Å². The molecule has 0 aromatic heterocycles. The molecular weight excluding hydrogens is 424 g/mol. The molecule has 0 spiro atoms. The lowest BCUT2D eigenvalue weighted by Crippen LogP contribution is -2.45. The van der Waals surface area contributed by atoms with Gasteiger partial charge in [-0.15, -0.1) is 0 Å². The number of hydrogen-bond acceptors (Lipinski definition) is 7. The predicted molar refractivity (Wildman–Crippen MR) is 119 cm³/mol. The maximum atomic E-state index is 13.0. The summed E-state index contributed by atoms with van der Waals surface area (Å²) in [6.07, 6.45) is 4.04. The van der Waals surface area contributed by atoms with Crippen LogP contribution in [0.4, 0.5) is 0 Å². The molecule has 1 aliphatic heterocycles. The van der Waals surface area contributed by atoms with Crippen molar-refractivity contribution in [2.75, 3.05) is 0 Å². The third-order valence-electron chi connectivity index (χ3n) is 8.62. The van der Waals surface area contributed by atoms with E-state index >= 15 is 0 Å². The second-order valence-electron chi connectivity index (χ2n) is 11.5. The molecule has 0 radical (unpaired) electrons. The van der Waals surface area contributed by atoms with Gasteiger partial charge in [-0.25, -0.2) is 0 Å². The van der Waals surface area contributed by atoms with Gasteiger partial charge in [0.15, 0.2) is 0 Å². The van der Waals surface area contributed by atoms with Crippen LogP contribution in [0.25, 0.3) is 0 Å². The molecule has 1 saturated heterocycles. The van der Waals surface area contributed by atoms with Crippen molar-refractivity contribution < 1.29 is 33.4 Å². The molecule has 33 heavy (non-hydrogen) atoms. The summed E-state index contributed by atoms with van der Waals surface area (Å²) >= 11 is 0. The van der Waals surface area contributed by atoms with Crippen molar-refractivity contribution in [3.63, 3.8) is 0 Å². The third-order valence-corrected chi connectivity index (χ3v) is 8.62. The Labute approximate surface area is 196 Å². The maximum absolute atomic E-state index is 13.0. The minimum Gasteiger partial charge on any atom is -0.459 e. The lowest BCUT2D eigenvalue weighted by atomic mass is 9.74. The standard InChI is InChI=1S/C26H38O7/c1-6-15(24(29)33-26(4,5)19-8-7-13(2)9-20(19)27)10-14(3)23(28)31-21-16-11-17-18(12-16)25(30)32-22(17)21/h13-19,21-22H,6-12H2,1-5H3. The Balaban J connectivity index is 1.31. The van der Waals surface area contributed by atoms with Crippen molar-refractivity contribution >= 4 is 23.7 Å². The monoisotopic (exact) mass is 462 g/mol. The zero-order chi connectivity index (χ0) is 24.1. The van der Waals surface area contributed by atoms with Crippen LogP contribution in [0.1, 0.15) is 79.6 Å². The average molecular weight is 463 g/mol. The number of ether oxygens (including phenoxy) is 3.